The van der Waals surface area contributed by atoms with Crippen LogP contribution in [0, 0.1) is 12.3 Å². The molecule has 1 saturated heterocycles. The summed E-state index contributed by atoms with van der Waals surface area (Å²) in [6, 6.07) is 19.2. The van der Waals surface area contributed by atoms with Crippen molar-refractivity contribution in [2.75, 3.05) is 19.6 Å². The van der Waals surface area contributed by atoms with Gasteiger partial charge in [0.1, 0.15) is 11.7 Å². The number of rotatable bonds is 2. The zero-order chi connectivity index (χ0) is 15.7. The monoisotopic (exact) mass is 303 g/mol. The number of piperidine rings is 1. The fourth-order valence-electron chi connectivity index (χ4n) is 4.06. The van der Waals surface area contributed by atoms with E-state index < -0.39 is 0 Å². The molecule has 0 N–H and O–H groups in total. The molecule has 1 spiro atoms. The van der Waals surface area contributed by atoms with Crippen molar-refractivity contribution in [1.29, 1.82) is 0 Å². The van der Waals surface area contributed by atoms with E-state index in [1.165, 1.54) is 16.7 Å². The summed E-state index contributed by atoms with van der Waals surface area (Å²) in [5, 5.41) is 0. The van der Waals surface area contributed by atoms with Gasteiger partial charge in [0.25, 0.3) is 0 Å². The Morgan fingerprint density at radius 2 is 1.91 bits per heavy atom. The third-order valence-corrected chi connectivity index (χ3v) is 5.03. The summed E-state index contributed by atoms with van der Waals surface area (Å²) in [5.74, 6) is 2.78. The summed E-state index contributed by atoms with van der Waals surface area (Å²) in [6.45, 7) is 2.65. The molecule has 2 heterocycles. The lowest BCUT2D eigenvalue weighted by Crippen LogP contribution is -2.46. The molecular weight excluding hydrogens is 282 g/mol. The van der Waals surface area contributed by atoms with Gasteiger partial charge in [-0.1, -0.05) is 60.5 Å². The van der Waals surface area contributed by atoms with E-state index in [1.807, 2.05) is 0 Å². The van der Waals surface area contributed by atoms with Crippen LogP contribution < -0.4 is 0 Å². The number of terminal acetylenes is 1. The zero-order valence-electron chi connectivity index (χ0n) is 13.2. The fourth-order valence-corrected chi connectivity index (χ4v) is 4.06. The van der Waals surface area contributed by atoms with E-state index in [9.17, 15) is 0 Å². The van der Waals surface area contributed by atoms with Gasteiger partial charge in [-0.2, -0.15) is 0 Å². The zero-order valence-corrected chi connectivity index (χ0v) is 13.2. The van der Waals surface area contributed by atoms with E-state index in [0.717, 1.165) is 25.9 Å². The third-order valence-electron chi connectivity index (χ3n) is 5.03. The van der Waals surface area contributed by atoms with Crippen LogP contribution >= 0.6 is 0 Å². The maximum absolute atomic E-state index is 6.71. The van der Waals surface area contributed by atoms with Gasteiger partial charge in [-0.3, -0.25) is 4.90 Å². The molecule has 0 radical (unpaired) electrons. The van der Waals surface area contributed by atoms with Crippen molar-refractivity contribution in [2.24, 2.45) is 0 Å². The maximum atomic E-state index is 6.71. The summed E-state index contributed by atoms with van der Waals surface area (Å²) < 4.78 is 6.71. The molecule has 0 saturated carbocycles. The highest BCUT2D eigenvalue weighted by atomic mass is 16.5. The van der Waals surface area contributed by atoms with Crippen molar-refractivity contribution in [2.45, 2.75) is 24.5 Å². The Bertz CT molecular complexity index is 733. The van der Waals surface area contributed by atoms with Crippen LogP contribution in [-0.2, 0) is 10.3 Å². The number of hydrogen-bond donors (Lipinski definition) is 0. The highest BCUT2D eigenvalue weighted by molar-refractivity contribution is 5.44. The summed E-state index contributed by atoms with van der Waals surface area (Å²) in [6.07, 6.45) is 7.74. The minimum atomic E-state index is -0.216. The predicted molar refractivity (Wildman–Crippen MR) is 92.0 cm³/mol. The quantitative estimate of drug-likeness (QED) is 0.784. The lowest BCUT2D eigenvalue weighted by molar-refractivity contribution is -0.100. The third kappa shape index (κ3) is 2.47. The Morgan fingerprint density at radius 1 is 1.13 bits per heavy atom. The van der Waals surface area contributed by atoms with Crippen molar-refractivity contribution in [3.05, 3.63) is 71.3 Å². The number of ether oxygens (including phenoxy) is 1. The van der Waals surface area contributed by atoms with Gasteiger partial charge in [0.2, 0.25) is 0 Å². The molecule has 2 nitrogen and oxygen atoms in total. The summed E-state index contributed by atoms with van der Waals surface area (Å²) >= 11 is 0. The second kappa shape index (κ2) is 5.85. The normalized spacial score (nSPS) is 26.8. The van der Waals surface area contributed by atoms with Crippen LogP contribution in [0.15, 0.2) is 54.6 Å². The van der Waals surface area contributed by atoms with Crippen LogP contribution in [0.4, 0.5) is 0 Å². The van der Waals surface area contributed by atoms with E-state index >= 15 is 0 Å². The minimum Gasteiger partial charge on any atom is -0.356 e. The smallest absolute Gasteiger partial charge is 0.109 e. The molecule has 2 atom stereocenters. The molecule has 4 rings (SSSR count). The molecule has 2 aliphatic rings. The maximum Gasteiger partial charge on any atom is 0.109 e. The van der Waals surface area contributed by atoms with Crippen molar-refractivity contribution < 1.29 is 4.74 Å². The van der Waals surface area contributed by atoms with Crippen molar-refractivity contribution in [3.63, 3.8) is 0 Å². The molecule has 0 aliphatic carbocycles. The Labute approximate surface area is 138 Å². The molecule has 0 aromatic heterocycles. The highest BCUT2D eigenvalue weighted by Gasteiger charge is 2.47. The van der Waals surface area contributed by atoms with E-state index in [0.29, 0.717) is 6.54 Å². The first kappa shape index (κ1) is 14.5. The van der Waals surface area contributed by atoms with Crippen molar-refractivity contribution in [1.82, 2.24) is 4.90 Å². The van der Waals surface area contributed by atoms with E-state index in [1.54, 1.807) is 0 Å². The lowest BCUT2D eigenvalue weighted by atomic mass is 9.84. The standard InChI is InChI=1S/C21H21NO/c1-2-14-22-15-8-13-21(16-22)19-12-7-6-11-18(19)20(23-21)17-9-4-3-5-10-17/h1,3-7,9-12,20H,8,13-16H2. The second-order valence-electron chi connectivity index (χ2n) is 6.51. The molecule has 0 amide bonds. The van der Waals surface area contributed by atoms with Gasteiger partial charge in [-0.15, -0.1) is 6.42 Å². The molecule has 1 fully saturated rings. The largest absolute Gasteiger partial charge is 0.356 e. The fraction of sp³-hybridized carbons (Fsp3) is 0.333. The number of nitrogens with zero attached hydrogens (tertiary/aromatic N) is 1. The van der Waals surface area contributed by atoms with Gasteiger partial charge in [-0.05, 0) is 36.1 Å². The van der Waals surface area contributed by atoms with Crippen LogP contribution in [-0.4, -0.2) is 24.5 Å². The number of benzene rings is 2. The molecule has 0 bridgehead atoms. The van der Waals surface area contributed by atoms with Gasteiger partial charge in [-0.25, -0.2) is 0 Å². The minimum absolute atomic E-state index is 0.0261. The van der Waals surface area contributed by atoms with Crippen molar-refractivity contribution in [3.8, 4) is 12.3 Å². The summed E-state index contributed by atoms with van der Waals surface area (Å²) in [5.41, 5.74) is 3.66. The Morgan fingerprint density at radius 3 is 2.74 bits per heavy atom. The van der Waals surface area contributed by atoms with Crippen LogP contribution in [0.5, 0.6) is 0 Å². The van der Waals surface area contributed by atoms with Gasteiger partial charge in [0.15, 0.2) is 0 Å². The SMILES string of the molecule is C#CCN1CCCC2(C1)OC(c1ccccc1)c1ccccc12. The molecule has 23 heavy (non-hydrogen) atoms. The molecule has 2 aromatic rings. The molecule has 2 heteroatoms. The molecule has 2 unspecified atom stereocenters. The first-order valence-corrected chi connectivity index (χ1v) is 8.30. The van der Waals surface area contributed by atoms with Gasteiger partial charge >= 0.3 is 0 Å². The summed E-state index contributed by atoms with van der Waals surface area (Å²) in [4.78, 5) is 2.34. The number of hydrogen-bond acceptors (Lipinski definition) is 2. The Hall–Kier alpha value is -2.08. The van der Waals surface area contributed by atoms with E-state index in [-0.39, 0.29) is 11.7 Å². The van der Waals surface area contributed by atoms with Crippen molar-refractivity contribution >= 4 is 0 Å². The van der Waals surface area contributed by atoms with E-state index in [4.69, 9.17) is 11.2 Å². The van der Waals surface area contributed by atoms with Crippen LogP contribution in [0.3, 0.4) is 0 Å². The first-order valence-electron chi connectivity index (χ1n) is 8.30. The highest BCUT2D eigenvalue weighted by Crippen LogP contribution is 2.50. The first-order chi connectivity index (χ1) is 11.3. The topological polar surface area (TPSA) is 12.5 Å². The average Bonchev–Trinajstić information content (AvgIpc) is 2.91. The molecule has 116 valence electrons. The van der Waals surface area contributed by atoms with Gasteiger partial charge < -0.3 is 4.74 Å². The molecule has 2 aliphatic heterocycles. The van der Waals surface area contributed by atoms with Crippen LogP contribution in [0.25, 0.3) is 0 Å². The molecular formula is C21H21NO. The average molecular weight is 303 g/mol. The second-order valence-corrected chi connectivity index (χ2v) is 6.51. The Balaban J connectivity index is 1.74. The van der Waals surface area contributed by atoms with Crippen LogP contribution in [0.2, 0.25) is 0 Å². The van der Waals surface area contributed by atoms with E-state index in [2.05, 4.69) is 65.4 Å². The van der Waals surface area contributed by atoms with Gasteiger partial charge in [0.05, 0.1) is 6.54 Å². The van der Waals surface area contributed by atoms with Crippen LogP contribution in [0.1, 0.15) is 35.6 Å². The predicted octanol–water partition coefficient (Wildman–Crippen LogP) is 3.73. The number of fused-ring (bicyclic) bond motifs is 2. The lowest BCUT2D eigenvalue weighted by Gasteiger charge is -2.40. The number of likely N-dealkylation sites (tertiary alicyclic amines) is 1. The van der Waals surface area contributed by atoms with Gasteiger partial charge in [0, 0.05) is 6.54 Å². The summed E-state index contributed by atoms with van der Waals surface area (Å²) in [7, 11) is 0. The Kier molecular flexibility index (Phi) is 3.69. The molecule has 2 aromatic carbocycles.